The van der Waals surface area contributed by atoms with Gasteiger partial charge in [0.1, 0.15) is 0 Å². The van der Waals surface area contributed by atoms with Gasteiger partial charge in [-0.2, -0.15) is 0 Å². The van der Waals surface area contributed by atoms with Gasteiger partial charge < -0.3 is 10.6 Å². The largest absolute Gasteiger partial charge is 0.301 e. The van der Waals surface area contributed by atoms with Gasteiger partial charge in [0.05, 0.1) is 22.9 Å². The summed E-state index contributed by atoms with van der Waals surface area (Å²) in [7, 11) is 0. The zero-order valence-electron chi connectivity index (χ0n) is 18.1. The molecule has 4 aromatic rings. The predicted molar refractivity (Wildman–Crippen MR) is 139 cm³/mol. The van der Waals surface area contributed by atoms with Crippen LogP contribution < -0.4 is 10.6 Å². The Morgan fingerprint density at radius 1 is 0.758 bits per heavy atom. The van der Waals surface area contributed by atoms with Crippen molar-refractivity contribution in [3.63, 3.8) is 0 Å². The second-order valence-electron chi connectivity index (χ2n) is 7.29. The zero-order valence-corrected chi connectivity index (χ0v) is 20.6. The summed E-state index contributed by atoms with van der Waals surface area (Å²) >= 11 is 4.02. The molecule has 6 nitrogen and oxygen atoms in total. The van der Waals surface area contributed by atoms with E-state index in [1.807, 2.05) is 73.1 Å². The number of hydrogen-bond donors (Lipinski definition) is 2. The summed E-state index contributed by atoms with van der Waals surface area (Å²) < 4.78 is 0. The van der Waals surface area contributed by atoms with Gasteiger partial charge in [-0.15, -0.1) is 34.4 Å². The number of nitrogens with one attached hydrogen (secondary N) is 2. The Labute approximate surface area is 204 Å². The third kappa shape index (κ3) is 6.07. The van der Waals surface area contributed by atoms with E-state index in [1.54, 1.807) is 0 Å². The van der Waals surface area contributed by atoms with Gasteiger partial charge >= 0.3 is 0 Å². The molecule has 2 aromatic heterocycles. The molecule has 0 saturated heterocycles. The van der Waals surface area contributed by atoms with Gasteiger partial charge in [-0.1, -0.05) is 48.5 Å². The quantitative estimate of drug-likeness (QED) is 0.320. The van der Waals surface area contributed by atoms with Crippen molar-refractivity contribution in [2.24, 2.45) is 0 Å². The molecule has 0 aliphatic heterocycles. The Balaban J connectivity index is 1.23. The molecule has 2 aromatic carbocycles. The molecule has 9 heteroatoms. The normalized spacial score (nSPS) is 10.7. The molecule has 2 amide bonds. The highest BCUT2D eigenvalue weighted by Gasteiger charge is 2.12. The summed E-state index contributed by atoms with van der Waals surface area (Å²) in [5.41, 5.74) is 6.05. The number of aryl methyl sites for hydroxylation is 2. The monoisotopic (exact) mass is 494 g/mol. The number of thiazole rings is 2. The van der Waals surface area contributed by atoms with Crippen molar-refractivity contribution in [2.45, 2.75) is 13.8 Å². The number of anilines is 2. The maximum Gasteiger partial charge on any atom is 0.236 e. The van der Waals surface area contributed by atoms with Gasteiger partial charge in [0.2, 0.25) is 11.8 Å². The molecule has 0 aliphatic rings. The van der Waals surface area contributed by atoms with Crippen molar-refractivity contribution in [3.8, 4) is 22.5 Å². The second-order valence-corrected chi connectivity index (χ2v) is 10.00. The fourth-order valence-corrected chi connectivity index (χ4v) is 5.25. The van der Waals surface area contributed by atoms with Gasteiger partial charge in [-0.05, 0) is 25.0 Å². The van der Waals surface area contributed by atoms with E-state index in [1.165, 1.54) is 34.4 Å². The molecule has 0 fully saturated rings. The topological polar surface area (TPSA) is 84.0 Å². The number of aromatic nitrogens is 2. The maximum atomic E-state index is 12.2. The van der Waals surface area contributed by atoms with Gasteiger partial charge in [-0.3, -0.25) is 9.59 Å². The van der Waals surface area contributed by atoms with Gasteiger partial charge in [0.25, 0.3) is 0 Å². The highest BCUT2D eigenvalue weighted by molar-refractivity contribution is 8.00. The summed E-state index contributed by atoms with van der Waals surface area (Å²) in [6, 6.07) is 16.0. The Morgan fingerprint density at radius 3 is 1.61 bits per heavy atom. The molecule has 2 N–H and O–H groups in total. The minimum absolute atomic E-state index is 0.166. The molecule has 33 heavy (non-hydrogen) atoms. The summed E-state index contributed by atoms with van der Waals surface area (Å²) in [6.45, 7) is 4.06. The maximum absolute atomic E-state index is 12.2. The summed E-state index contributed by atoms with van der Waals surface area (Å²) in [5.74, 6) is -0.0398. The first-order valence-corrected chi connectivity index (χ1v) is 13.1. The van der Waals surface area contributed by atoms with Gasteiger partial charge in [0.15, 0.2) is 10.3 Å². The fourth-order valence-electron chi connectivity index (χ4n) is 3.18. The second kappa shape index (κ2) is 10.7. The zero-order chi connectivity index (χ0) is 23.2. The standard InChI is InChI=1S/C24H22N4O2S3/c1-15-7-3-5-9-17(15)19-11-32-23(25-19)27-21(29)13-31-14-22(30)28-24-26-20(12-33-24)18-10-6-4-8-16(18)2/h3-12H,13-14H2,1-2H3,(H,25,27,29)(H,26,28,30). The summed E-state index contributed by atoms with van der Waals surface area (Å²) in [6.07, 6.45) is 0. The van der Waals surface area contributed by atoms with E-state index in [4.69, 9.17) is 0 Å². The minimum Gasteiger partial charge on any atom is -0.301 e. The lowest BCUT2D eigenvalue weighted by atomic mass is 10.1. The van der Waals surface area contributed by atoms with Crippen LogP contribution in [0.4, 0.5) is 10.3 Å². The minimum atomic E-state index is -0.186. The molecule has 0 spiro atoms. The lowest BCUT2D eigenvalue weighted by molar-refractivity contribution is -0.114. The van der Waals surface area contributed by atoms with Crippen LogP contribution in [0.2, 0.25) is 0 Å². The lowest BCUT2D eigenvalue weighted by Crippen LogP contribution is -2.18. The molecular weight excluding hydrogens is 472 g/mol. The molecule has 0 bridgehead atoms. The van der Waals surface area contributed by atoms with Crippen molar-refractivity contribution >= 4 is 56.5 Å². The number of thioether (sulfide) groups is 1. The van der Waals surface area contributed by atoms with E-state index >= 15 is 0 Å². The Morgan fingerprint density at radius 2 is 1.18 bits per heavy atom. The van der Waals surface area contributed by atoms with E-state index in [2.05, 4.69) is 20.6 Å². The van der Waals surface area contributed by atoms with Crippen molar-refractivity contribution in [1.82, 2.24) is 9.97 Å². The molecule has 0 unspecified atom stereocenters. The van der Waals surface area contributed by atoms with E-state index in [0.717, 1.165) is 33.6 Å². The predicted octanol–water partition coefficient (Wildman–Crippen LogP) is 5.86. The first-order chi connectivity index (χ1) is 16.0. The van der Waals surface area contributed by atoms with Crippen molar-refractivity contribution in [2.75, 3.05) is 22.1 Å². The molecule has 0 aliphatic carbocycles. The molecule has 2 heterocycles. The highest BCUT2D eigenvalue weighted by Crippen LogP contribution is 2.28. The number of amides is 2. The molecular formula is C24H22N4O2S3. The van der Waals surface area contributed by atoms with Crippen LogP contribution in [0, 0.1) is 13.8 Å². The van der Waals surface area contributed by atoms with E-state index in [0.29, 0.717) is 10.3 Å². The smallest absolute Gasteiger partial charge is 0.236 e. The van der Waals surface area contributed by atoms with Crippen molar-refractivity contribution in [1.29, 1.82) is 0 Å². The van der Waals surface area contributed by atoms with E-state index in [-0.39, 0.29) is 23.3 Å². The van der Waals surface area contributed by atoms with Crippen LogP contribution in [0.15, 0.2) is 59.3 Å². The van der Waals surface area contributed by atoms with Crippen molar-refractivity contribution < 1.29 is 9.59 Å². The number of nitrogens with zero attached hydrogens (tertiary/aromatic N) is 2. The lowest BCUT2D eigenvalue weighted by Gasteiger charge is -2.04. The van der Waals surface area contributed by atoms with Gasteiger partial charge in [0, 0.05) is 21.9 Å². The number of benzene rings is 2. The van der Waals surface area contributed by atoms with Gasteiger partial charge in [-0.25, -0.2) is 9.97 Å². The van der Waals surface area contributed by atoms with Crippen LogP contribution in [-0.4, -0.2) is 33.3 Å². The van der Waals surface area contributed by atoms with Crippen LogP contribution in [0.25, 0.3) is 22.5 Å². The molecule has 0 atom stereocenters. The third-order valence-corrected chi connectivity index (χ3v) is 7.26. The van der Waals surface area contributed by atoms with Crippen LogP contribution in [0.5, 0.6) is 0 Å². The number of rotatable bonds is 8. The SMILES string of the molecule is Cc1ccccc1-c1csc(NC(=O)CSCC(=O)Nc2nc(-c3ccccc3C)cs2)n1. The highest BCUT2D eigenvalue weighted by atomic mass is 32.2. The van der Waals surface area contributed by atoms with Crippen LogP contribution >= 0.6 is 34.4 Å². The number of carbonyl (C=O) groups excluding carboxylic acids is 2. The van der Waals surface area contributed by atoms with E-state index in [9.17, 15) is 9.59 Å². The molecule has 168 valence electrons. The molecule has 4 rings (SSSR count). The van der Waals surface area contributed by atoms with Crippen molar-refractivity contribution in [3.05, 3.63) is 70.4 Å². The van der Waals surface area contributed by atoms with E-state index < -0.39 is 0 Å². The number of carbonyl (C=O) groups is 2. The van der Waals surface area contributed by atoms with Crippen LogP contribution in [-0.2, 0) is 9.59 Å². The van der Waals surface area contributed by atoms with Crippen LogP contribution in [0.3, 0.4) is 0 Å². The summed E-state index contributed by atoms with van der Waals surface area (Å²) in [5, 5.41) is 10.6. The fraction of sp³-hybridized carbons (Fsp3) is 0.167. The van der Waals surface area contributed by atoms with Crippen LogP contribution in [0.1, 0.15) is 11.1 Å². The summed E-state index contributed by atoms with van der Waals surface area (Å²) in [4.78, 5) is 33.5. The third-order valence-electron chi connectivity index (χ3n) is 4.81. The average molecular weight is 495 g/mol. The Kier molecular flexibility index (Phi) is 7.54. The Bertz CT molecular complexity index is 1180. The first kappa shape index (κ1) is 23.2. The average Bonchev–Trinajstić information content (AvgIpc) is 3.44. The molecule has 0 radical (unpaired) electrons. The molecule has 0 saturated carbocycles. The number of hydrogen-bond acceptors (Lipinski definition) is 7. The first-order valence-electron chi connectivity index (χ1n) is 10.2. The Hall–Kier alpha value is -3.01.